The highest BCUT2D eigenvalue weighted by Gasteiger charge is 2.85. The number of aliphatic hydroxyl groups is 2. The second-order valence-corrected chi connectivity index (χ2v) is 8.64. The van der Waals surface area contributed by atoms with Crippen LogP contribution in [-0.4, -0.2) is 64.9 Å². The highest BCUT2D eigenvalue weighted by atomic mass is 16.7. The fourth-order valence-corrected chi connectivity index (χ4v) is 6.33. The predicted molar refractivity (Wildman–Crippen MR) is 86.2 cm³/mol. The summed E-state index contributed by atoms with van der Waals surface area (Å²) in [6, 6.07) is 0. The molecule has 9 atom stereocenters. The molecule has 0 amide bonds. The van der Waals surface area contributed by atoms with Crippen LogP contribution in [-0.2, 0) is 28.5 Å². The Labute approximate surface area is 154 Å². The molecule has 27 heavy (non-hydrogen) atoms. The number of carbonyl (C=O) groups is 2. The highest BCUT2D eigenvalue weighted by molar-refractivity contribution is 5.87. The number of hydrogen-bond acceptors (Lipinski definition) is 8. The van der Waals surface area contributed by atoms with E-state index in [-0.39, 0.29) is 35.8 Å². The maximum Gasteiger partial charge on any atom is 0.331 e. The molecule has 8 nitrogen and oxygen atoms in total. The number of cyclic esters (lactones) is 1. The number of esters is 2. The molecule has 144 valence electrons. The Hall–Kier alpha value is -1.90. The first-order chi connectivity index (χ1) is 12.8. The summed E-state index contributed by atoms with van der Waals surface area (Å²) in [6.45, 7) is 3.07. The van der Waals surface area contributed by atoms with Crippen LogP contribution in [0.15, 0.2) is 23.0 Å². The maximum absolute atomic E-state index is 12.5. The van der Waals surface area contributed by atoms with Crippen LogP contribution in [0.25, 0.3) is 0 Å². The Morgan fingerprint density at radius 1 is 1.30 bits per heavy atom. The molecule has 8 heteroatoms. The molecule has 4 aliphatic heterocycles. The van der Waals surface area contributed by atoms with Crippen molar-refractivity contribution in [3.05, 3.63) is 23.0 Å². The van der Waals surface area contributed by atoms with E-state index in [2.05, 4.69) is 0 Å². The summed E-state index contributed by atoms with van der Waals surface area (Å²) in [4.78, 5) is 25.0. The molecular formula is C19H20O8. The van der Waals surface area contributed by atoms with Gasteiger partial charge >= 0.3 is 11.9 Å². The lowest BCUT2D eigenvalue weighted by Gasteiger charge is -2.49. The van der Waals surface area contributed by atoms with Crippen molar-refractivity contribution < 1.29 is 38.7 Å². The van der Waals surface area contributed by atoms with Gasteiger partial charge in [-0.05, 0) is 18.9 Å². The molecule has 1 spiro atoms. The van der Waals surface area contributed by atoms with E-state index >= 15 is 0 Å². The summed E-state index contributed by atoms with van der Waals surface area (Å²) in [7, 11) is 0. The molecule has 0 bridgehead atoms. The lowest BCUT2D eigenvalue weighted by Crippen LogP contribution is -2.60. The molecule has 0 aromatic heterocycles. The summed E-state index contributed by atoms with van der Waals surface area (Å²) in [6.07, 6.45) is 0.257. The van der Waals surface area contributed by atoms with Crippen LogP contribution >= 0.6 is 0 Å². The third kappa shape index (κ3) is 1.63. The standard InChI is InChI=1S/C19H20O8/c1-6(8(21)5-20)14-19-10(4-11(22)25-14)18(2)12-7(3-9-15(18)24-9)17(23)26-13(12)16(19)27-19/h4,7,9,12-16,20-21H,3,5H2,1-2H3/b8-6-/t7-,9-,12+,13-,14+,15-,16+,18+,19+/m0/s1. The van der Waals surface area contributed by atoms with Crippen LogP contribution in [0.2, 0.25) is 0 Å². The number of fused-ring (bicyclic) bond motifs is 4. The van der Waals surface area contributed by atoms with Crippen molar-refractivity contribution in [1.29, 1.82) is 0 Å². The highest BCUT2D eigenvalue weighted by Crippen LogP contribution is 2.73. The zero-order valence-corrected chi connectivity index (χ0v) is 14.9. The number of hydrogen-bond donors (Lipinski definition) is 2. The average Bonchev–Trinajstić information content (AvgIpc) is 3.53. The summed E-state index contributed by atoms with van der Waals surface area (Å²) < 4.78 is 23.3. The number of rotatable bonds is 2. The van der Waals surface area contributed by atoms with Crippen LogP contribution in [0.1, 0.15) is 20.3 Å². The van der Waals surface area contributed by atoms with Crippen molar-refractivity contribution >= 4 is 11.9 Å². The van der Waals surface area contributed by atoms with Gasteiger partial charge in [-0.25, -0.2) is 4.79 Å². The zero-order chi connectivity index (χ0) is 18.9. The molecule has 0 aromatic carbocycles. The Bertz CT molecular complexity index is 860. The van der Waals surface area contributed by atoms with E-state index in [1.807, 2.05) is 6.92 Å². The van der Waals surface area contributed by atoms with Gasteiger partial charge in [-0.15, -0.1) is 0 Å². The summed E-state index contributed by atoms with van der Waals surface area (Å²) in [5.74, 6) is -1.38. The molecule has 6 rings (SSSR count). The lowest BCUT2D eigenvalue weighted by molar-refractivity contribution is -0.148. The number of aliphatic hydroxyl groups excluding tert-OH is 2. The third-order valence-corrected chi connectivity index (χ3v) is 7.57. The first-order valence-corrected chi connectivity index (χ1v) is 9.30. The van der Waals surface area contributed by atoms with E-state index in [0.29, 0.717) is 12.0 Å². The topological polar surface area (TPSA) is 118 Å². The molecule has 2 saturated carbocycles. The van der Waals surface area contributed by atoms with Crippen molar-refractivity contribution in [1.82, 2.24) is 0 Å². The van der Waals surface area contributed by atoms with Crippen LogP contribution in [0.5, 0.6) is 0 Å². The van der Waals surface area contributed by atoms with E-state index in [0.717, 1.165) is 5.57 Å². The SMILES string of the molecule is C/C(=C(/O)CO)[C@H]1OC(=O)C=C2[C@]3(C)[C@H]4[C@H](OC(=O)[C@H]4C[C@@H]4O[C@@H]43)[C@H]3O[C@]213. The lowest BCUT2D eigenvalue weighted by atomic mass is 9.51. The van der Waals surface area contributed by atoms with Gasteiger partial charge < -0.3 is 29.2 Å². The van der Waals surface area contributed by atoms with Gasteiger partial charge in [-0.1, -0.05) is 6.92 Å². The smallest absolute Gasteiger partial charge is 0.331 e. The molecular weight excluding hydrogens is 356 g/mol. The summed E-state index contributed by atoms with van der Waals surface area (Å²) in [5.41, 5.74) is -0.460. The zero-order valence-electron chi connectivity index (χ0n) is 14.9. The second-order valence-electron chi connectivity index (χ2n) is 8.64. The second kappa shape index (κ2) is 4.56. The monoisotopic (exact) mass is 376 g/mol. The molecule has 6 aliphatic rings. The van der Waals surface area contributed by atoms with Crippen molar-refractivity contribution in [3.8, 4) is 0 Å². The third-order valence-electron chi connectivity index (χ3n) is 7.57. The van der Waals surface area contributed by atoms with Gasteiger partial charge in [0.1, 0.15) is 24.6 Å². The Morgan fingerprint density at radius 3 is 2.81 bits per heavy atom. The number of ether oxygens (including phenoxy) is 4. The molecule has 3 saturated heterocycles. The van der Waals surface area contributed by atoms with Gasteiger partial charge in [0.05, 0.1) is 18.1 Å². The van der Waals surface area contributed by atoms with Crippen molar-refractivity contribution in [2.45, 2.75) is 56.4 Å². The first kappa shape index (κ1) is 16.1. The molecule has 0 aromatic rings. The van der Waals surface area contributed by atoms with Gasteiger partial charge in [0, 0.05) is 23.0 Å². The Balaban J connectivity index is 1.55. The van der Waals surface area contributed by atoms with Crippen molar-refractivity contribution in [2.24, 2.45) is 17.3 Å². The van der Waals surface area contributed by atoms with Gasteiger partial charge in [-0.3, -0.25) is 4.79 Å². The van der Waals surface area contributed by atoms with Crippen LogP contribution in [0, 0.1) is 17.3 Å². The minimum Gasteiger partial charge on any atom is -0.510 e. The first-order valence-electron chi connectivity index (χ1n) is 9.30. The quantitative estimate of drug-likeness (QED) is 0.397. The summed E-state index contributed by atoms with van der Waals surface area (Å²) in [5, 5.41) is 19.4. The molecule has 0 radical (unpaired) electrons. The van der Waals surface area contributed by atoms with Crippen LogP contribution < -0.4 is 0 Å². The van der Waals surface area contributed by atoms with Crippen LogP contribution in [0.3, 0.4) is 0 Å². The van der Waals surface area contributed by atoms with Gasteiger partial charge in [-0.2, -0.15) is 0 Å². The molecule has 5 fully saturated rings. The number of carbonyl (C=O) groups excluding carboxylic acids is 2. The van der Waals surface area contributed by atoms with Crippen molar-refractivity contribution in [2.75, 3.05) is 6.61 Å². The van der Waals surface area contributed by atoms with Gasteiger partial charge in [0.15, 0.2) is 11.7 Å². The fraction of sp³-hybridized carbons (Fsp3) is 0.684. The molecule has 2 N–H and O–H groups in total. The maximum atomic E-state index is 12.5. The summed E-state index contributed by atoms with van der Waals surface area (Å²) >= 11 is 0. The Morgan fingerprint density at radius 2 is 2.07 bits per heavy atom. The number of epoxide rings is 2. The normalized spacial score (nSPS) is 54.3. The van der Waals surface area contributed by atoms with Gasteiger partial charge in [0.25, 0.3) is 0 Å². The van der Waals surface area contributed by atoms with E-state index in [1.54, 1.807) is 6.92 Å². The van der Waals surface area contributed by atoms with Gasteiger partial charge in [0.2, 0.25) is 0 Å². The van der Waals surface area contributed by atoms with E-state index < -0.39 is 41.9 Å². The van der Waals surface area contributed by atoms with Crippen molar-refractivity contribution in [3.63, 3.8) is 0 Å². The minimum atomic E-state index is -0.986. The Kier molecular flexibility index (Phi) is 2.72. The largest absolute Gasteiger partial charge is 0.510 e. The average molecular weight is 376 g/mol. The molecule has 0 unspecified atom stereocenters. The van der Waals surface area contributed by atoms with E-state index in [4.69, 9.17) is 18.9 Å². The predicted octanol–water partition coefficient (Wildman–Crippen LogP) is 0.149. The van der Waals surface area contributed by atoms with E-state index in [9.17, 15) is 19.8 Å². The van der Waals surface area contributed by atoms with Crippen LogP contribution in [0.4, 0.5) is 0 Å². The molecule has 2 aliphatic carbocycles. The minimum absolute atomic E-state index is 0.0188. The molecule has 4 heterocycles. The fourth-order valence-electron chi connectivity index (χ4n) is 6.33. The van der Waals surface area contributed by atoms with E-state index in [1.165, 1.54) is 6.08 Å².